The maximum atomic E-state index is 13.4. The largest absolute Gasteiger partial charge is 0.352 e. The van der Waals surface area contributed by atoms with E-state index in [1.165, 1.54) is 12.8 Å². The number of benzene rings is 1. The minimum absolute atomic E-state index is 0.0921. The molecule has 1 saturated heterocycles. The first-order valence-corrected chi connectivity index (χ1v) is 11.0. The summed E-state index contributed by atoms with van der Waals surface area (Å²) in [7, 11) is 0. The Bertz CT molecular complexity index is 815. The number of carbonyl (C=O) groups is 3. The third-order valence-corrected chi connectivity index (χ3v) is 6.07. The number of urea groups is 1. The lowest BCUT2D eigenvalue weighted by Gasteiger charge is -2.33. The van der Waals surface area contributed by atoms with Gasteiger partial charge < -0.3 is 20.9 Å². The zero-order valence-corrected chi connectivity index (χ0v) is 17.6. The van der Waals surface area contributed by atoms with Gasteiger partial charge in [0, 0.05) is 44.2 Å². The Balaban J connectivity index is 1.55. The molecule has 2 heterocycles. The second kappa shape index (κ2) is 9.04. The van der Waals surface area contributed by atoms with Crippen LogP contribution in [-0.4, -0.2) is 61.5 Å². The molecule has 0 radical (unpaired) electrons. The van der Waals surface area contributed by atoms with Gasteiger partial charge in [-0.2, -0.15) is 0 Å². The van der Waals surface area contributed by atoms with Crippen molar-refractivity contribution < 1.29 is 14.4 Å². The number of nitrogens with zero attached hydrogens (tertiary/aromatic N) is 2. The molecule has 1 unspecified atom stereocenters. The van der Waals surface area contributed by atoms with Gasteiger partial charge in [-0.25, -0.2) is 4.79 Å². The SMILES string of the molecule is CC1CC(=O)Nc2cc(C(=O)NCCC3CC3)ccc2N1C(=O)N1CCCNCC1. The van der Waals surface area contributed by atoms with Crippen molar-refractivity contribution in [3.05, 3.63) is 23.8 Å². The Labute approximate surface area is 177 Å². The molecule has 0 aromatic heterocycles. The lowest BCUT2D eigenvalue weighted by molar-refractivity contribution is -0.116. The van der Waals surface area contributed by atoms with E-state index in [0.717, 1.165) is 31.8 Å². The maximum Gasteiger partial charge on any atom is 0.324 e. The number of fused-ring (bicyclic) bond motifs is 1. The van der Waals surface area contributed by atoms with Crippen molar-refractivity contribution in [1.29, 1.82) is 0 Å². The molecular weight excluding hydrogens is 382 g/mol. The predicted octanol–water partition coefficient (Wildman–Crippen LogP) is 2.17. The van der Waals surface area contributed by atoms with Crippen LogP contribution in [0.1, 0.15) is 49.4 Å². The van der Waals surface area contributed by atoms with Crippen LogP contribution >= 0.6 is 0 Å². The Morgan fingerprint density at radius 3 is 2.83 bits per heavy atom. The van der Waals surface area contributed by atoms with E-state index in [4.69, 9.17) is 0 Å². The average molecular weight is 414 g/mol. The number of hydrogen-bond donors (Lipinski definition) is 3. The molecule has 4 rings (SSSR count). The molecule has 2 fully saturated rings. The molecule has 1 atom stereocenters. The third-order valence-electron chi connectivity index (χ3n) is 6.07. The molecule has 4 amide bonds. The zero-order chi connectivity index (χ0) is 21.1. The highest BCUT2D eigenvalue weighted by molar-refractivity contribution is 6.06. The van der Waals surface area contributed by atoms with Crippen molar-refractivity contribution in [2.75, 3.05) is 42.9 Å². The fourth-order valence-corrected chi connectivity index (χ4v) is 4.17. The fraction of sp³-hybridized carbons (Fsp3) is 0.591. The van der Waals surface area contributed by atoms with Gasteiger partial charge in [-0.3, -0.25) is 14.5 Å². The number of nitrogens with one attached hydrogen (secondary N) is 3. The Hall–Kier alpha value is -2.61. The number of carbonyl (C=O) groups excluding carboxylic acids is 3. The highest BCUT2D eigenvalue weighted by Crippen LogP contribution is 2.34. The van der Waals surface area contributed by atoms with Crippen molar-refractivity contribution >= 4 is 29.2 Å². The van der Waals surface area contributed by atoms with Gasteiger partial charge in [-0.1, -0.05) is 12.8 Å². The van der Waals surface area contributed by atoms with Gasteiger partial charge in [-0.15, -0.1) is 0 Å². The van der Waals surface area contributed by atoms with Crippen LogP contribution in [0.2, 0.25) is 0 Å². The zero-order valence-electron chi connectivity index (χ0n) is 17.6. The standard InChI is InChI=1S/C22H31N5O3/c1-15-13-20(28)25-18-14-17(21(29)24-9-7-16-3-4-16)5-6-19(18)27(15)22(30)26-11-2-8-23-10-12-26/h5-6,14-16,23H,2-4,7-13H2,1H3,(H,24,29)(H,25,28). The summed E-state index contributed by atoms with van der Waals surface area (Å²) in [6.07, 6.45) is 4.65. The van der Waals surface area contributed by atoms with Crippen LogP contribution < -0.4 is 20.9 Å². The second-order valence-corrected chi connectivity index (χ2v) is 8.56. The molecule has 8 nitrogen and oxygen atoms in total. The number of anilines is 2. The van der Waals surface area contributed by atoms with Crippen LogP contribution in [0.4, 0.5) is 16.2 Å². The highest BCUT2D eigenvalue weighted by atomic mass is 16.2. The van der Waals surface area contributed by atoms with Crippen LogP contribution in [0.5, 0.6) is 0 Å². The van der Waals surface area contributed by atoms with Crippen LogP contribution in [-0.2, 0) is 4.79 Å². The molecular formula is C22H31N5O3. The monoisotopic (exact) mass is 413 g/mol. The topological polar surface area (TPSA) is 93.8 Å². The smallest absolute Gasteiger partial charge is 0.324 e. The minimum atomic E-state index is -0.270. The number of hydrogen-bond acceptors (Lipinski definition) is 4. The van der Waals surface area contributed by atoms with E-state index >= 15 is 0 Å². The lowest BCUT2D eigenvalue weighted by Crippen LogP contribution is -2.48. The maximum absolute atomic E-state index is 13.4. The highest BCUT2D eigenvalue weighted by Gasteiger charge is 2.33. The van der Waals surface area contributed by atoms with Crippen LogP contribution in [0.25, 0.3) is 0 Å². The molecule has 1 aromatic carbocycles. The van der Waals surface area contributed by atoms with Gasteiger partial charge in [0.1, 0.15) is 0 Å². The molecule has 0 bridgehead atoms. The van der Waals surface area contributed by atoms with Gasteiger partial charge in [0.25, 0.3) is 5.91 Å². The van der Waals surface area contributed by atoms with Crippen LogP contribution in [0.3, 0.4) is 0 Å². The Morgan fingerprint density at radius 2 is 2.03 bits per heavy atom. The molecule has 30 heavy (non-hydrogen) atoms. The fourth-order valence-electron chi connectivity index (χ4n) is 4.17. The van der Waals surface area contributed by atoms with E-state index in [2.05, 4.69) is 16.0 Å². The summed E-state index contributed by atoms with van der Waals surface area (Å²) in [4.78, 5) is 41.9. The Morgan fingerprint density at radius 1 is 1.20 bits per heavy atom. The summed E-state index contributed by atoms with van der Waals surface area (Å²) in [6, 6.07) is 4.84. The molecule has 3 N–H and O–H groups in total. The van der Waals surface area contributed by atoms with E-state index in [1.807, 2.05) is 11.8 Å². The van der Waals surface area contributed by atoms with Crippen molar-refractivity contribution in [2.24, 2.45) is 5.92 Å². The predicted molar refractivity (Wildman–Crippen MR) is 116 cm³/mol. The molecule has 2 aliphatic heterocycles. The molecule has 1 saturated carbocycles. The third kappa shape index (κ3) is 4.75. The van der Waals surface area contributed by atoms with Crippen molar-refractivity contribution in [2.45, 2.75) is 45.1 Å². The molecule has 3 aliphatic rings. The summed E-state index contributed by atoms with van der Waals surface area (Å²) in [5, 5.41) is 9.16. The minimum Gasteiger partial charge on any atom is -0.352 e. The molecule has 1 aromatic rings. The van der Waals surface area contributed by atoms with Crippen molar-refractivity contribution in [3.8, 4) is 0 Å². The summed E-state index contributed by atoms with van der Waals surface area (Å²) >= 11 is 0. The molecule has 0 spiro atoms. The number of amides is 4. The first-order chi connectivity index (χ1) is 14.5. The van der Waals surface area contributed by atoms with Gasteiger partial charge in [0.2, 0.25) is 5.91 Å². The van der Waals surface area contributed by atoms with Crippen molar-refractivity contribution in [3.63, 3.8) is 0 Å². The second-order valence-electron chi connectivity index (χ2n) is 8.56. The summed E-state index contributed by atoms with van der Waals surface area (Å²) in [5.74, 6) is 0.455. The van der Waals surface area contributed by atoms with Crippen molar-refractivity contribution in [1.82, 2.24) is 15.5 Å². The molecule has 8 heteroatoms. The Kier molecular flexibility index (Phi) is 6.22. The quantitative estimate of drug-likeness (QED) is 0.705. The van der Waals surface area contributed by atoms with Gasteiger partial charge in [0.05, 0.1) is 11.4 Å². The van der Waals surface area contributed by atoms with Gasteiger partial charge >= 0.3 is 6.03 Å². The normalized spacial score (nSPS) is 21.9. The lowest BCUT2D eigenvalue weighted by atomic mass is 10.1. The van der Waals surface area contributed by atoms with Crippen LogP contribution in [0.15, 0.2) is 18.2 Å². The summed E-state index contributed by atoms with van der Waals surface area (Å²) in [6.45, 7) is 5.54. The number of rotatable bonds is 4. The van der Waals surface area contributed by atoms with E-state index in [9.17, 15) is 14.4 Å². The summed E-state index contributed by atoms with van der Waals surface area (Å²) in [5.41, 5.74) is 1.65. The molecule has 1 aliphatic carbocycles. The van der Waals surface area contributed by atoms with Gasteiger partial charge in [-0.05, 0) is 50.4 Å². The van der Waals surface area contributed by atoms with Gasteiger partial charge in [0.15, 0.2) is 0 Å². The van der Waals surface area contributed by atoms with E-state index < -0.39 is 0 Å². The molecule has 162 valence electrons. The van der Waals surface area contributed by atoms with E-state index in [-0.39, 0.29) is 30.3 Å². The summed E-state index contributed by atoms with van der Waals surface area (Å²) < 4.78 is 0. The van der Waals surface area contributed by atoms with E-state index in [1.54, 1.807) is 23.1 Å². The first kappa shape index (κ1) is 20.7. The average Bonchev–Trinajstić information content (AvgIpc) is 3.55. The van der Waals surface area contributed by atoms with Crippen LogP contribution in [0, 0.1) is 5.92 Å². The first-order valence-electron chi connectivity index (χ1n) is 11.0. The van der Waals surface area contributed by atoms with E-state index in [0.29, 0.717) is 36.6 Å².